The van der Waals surface area contributed by atoms with Gasteiger partial charge in [-0.15, -0.1) is 5.10 Å². The first-order chi connectivity index (χ1) is 16.8. The lowest BCUT2D eigenvalue weighted by atomic mass is 10.2. The molecule has 10 heteroatoms. The molecule has 1 aromatic carbocycles. The zero-order chi connectivity index (χ0) is 23.2. The smallest absolute Gasteiger partial charge is 0.246 e. The van der Waals surface area contributed by atoms with Crippen molar-refractivity contribution in [1.29, 1.82) is 0 Å². The molecule has 0 saturated carbocycles. The van der Waals surface area contributed by atoms with Gasteiger partial charge in [-0.2, -0.15) is 0 Å². The molecule has 10 nitrogen and oxygen atoms in total. The molecule has 0 bridgehead atoms. The van der Waals surface area contributed by atoms with Gasteiger partial charge in [-0.05, 0) is 50.2 Å². The number of nitrogens with zero attached hydrogens (tertiary/aromatic N) is 5. The van der Waals surface area contributed by atoms with E-state index in [1.807, 2.05) is 36.4 Å². The number of hydrogen-bond donors (Lipinski definition) is 2. The third-order valence-corrected chi connectivity index (χ3v) is 5.70. The van der Waals surface area contributed by atoms with E-state index in [0.717, 1.165) is 31.0 Å². The topological polar surface area (TPSA) is 110 Å². The maximum atomic E-state index is 5.98. The zero-order valence-corrected chi connectivity index (χ0v) is 19.0. The van der Waals surface area contributed by atoms with Crippen molar-refractivity contribution in [2.24, 2.45) is 0 Å². The number of aromatic nitrogens is 5. The number of nitrogens with one attached hydrogen (secondary N) is 2. The van der Waals surface area contributed by atoms with Crippen molar-refractivity contribution in [3.8, 4) is 17.4 Å². The van der Waals surface area contributed by atoms with Crippen LogP contribution in [-0.4, -0.2) is 63.4 Å². The largest absolute Gasteiger partial charge is 0.493 e. The van der Waals surface area contributed by atoms with E-state index in [1.165, 1.54) is 19.2 Å². The third kappa shape index (κ3) is 5.01. The average Bonchev–Trinajstić information content (AvgIpc) is 3.55. The molecule has 0 spiro atoms. The molecule has 1 aliphatic heterocycles. The summed E-state index contributed by atoms with van der Waals surface area (Å²) in [6, 6.07) is 11.3. The number of ether oxygens (including phenoxy) is 3. The predicted octanol–water partition coefficient (Wildman–Crippen LogP) is 3.55. The molecule has 3 aromatic heterocycles. The highest BCUT2D eigenvalue weighted by atomic mass is 16.5. The van der Waals surface area contributed by atoms with Gasteiger partial charge in [0.15, 0.2) is 17.1 Å². The standard InChI is InChI=1S/C24H27N7O3/c1-32-20-14-17(7-8-19(20)34-15-18-6-2-3-9-25-18)28-22-21-23(27-16-26-22)29-30-24(21)33-13-12-31-10-4-5-11-31/h2-3,6-9,14,16H,4-5,10-13,15H2,1H3,(H2,26,27,28,29,30). The monoisotopic (exact) mass is 461 g/mol. The normalized spacial score (nSPS) is 13.8. The van der Waals surface area contributed by atoms with Crippen molar-refractivity contribution in [3.63, 3.8) is 0 Å². The first kappa shape index (κ1) is 21.9. The second kappa shape index (κ2) is 10.3. The van der Waals surface area contributed by atoms with Gasteiger partial charge in [-0.3, -0.25) is 15.0 Å². The number of hydrogen-bond acceptors (Lipinski definition) is 9. The van der Waals surface area contributed by atoms with Crippen LogP contribution < -0.4 is 19.5 Å². The SMILES string of the molecule is COc1cc(Nc2ncnc3[nH]nc(OCCN4CCCC4)c23)ccc1OCc1ccccn1. The van der Waals surface area contributed by atoms with Gasteiger partial charge >= 0.3 is 0 Å². The second-order valence-corrected chi connectivity index (χ2v) is 7.97. The average molecular weight is 462 g/mol. The van der Waals surface area contributed by atoms with E-state index in [2.05, 4.69) is 35.4 Å². The fraction of sp³-hybridized carbons (Fsp3) is 0.333. The molecule has 4 heterocycles. The molecule has 34 heavy (non-hydrogen) atoms. The Balaban J connectivity index is 1.30. The number of fused-ring (bicyclic) bond motifs is 1. The lowest BCUT2D eigenvalue weighted by molar-refractivity contribution is 0.233. The highest BCUT2D eigenvalue weighted by Crippen LogP contribution is 2.34. The molecule has 0 aliphatic carbocycles. The minimum Gasteiger partial charge on any atom is -0.493 e. The molecule has 5 rings (SSSR count). The number of pyridine rings is 1. The lowest BCUT2D eigenvalue weighted by Gasteiger charge is -2.15. The van der Waals surface area contributed by atoms with Crippen molar-refractivity contribution >= 4 is 22.5 Å². The summed E-state index contributed by atoms with van der Waals surface area (Å²) in [5, 5.41) is 11.3. The number of methoxy groups -OCH3 is 1. The zero-order valence-electron chi connectivity index (χ0n) is 19.0. The Labute approximate surface area is 197 Å². The van der Waals surface area contributed by atoms with E-state index >= 15 is 0 Å². The summed E-state index contributed by atoms with van der Waals surface area (Å²) in [6.07, 6.45) is 5.73. The summed E-state index contributed by atoms with van der Waals surface area (Å²) in [5.41, 5.74) is 2.23. The minimum absolute atomic E-state index is 0.351. The number of anilines is 2. The summed E-state index contributed by atoms with van der Waals surface area (Å²) in [4.78, 5) is 15.4. The second-order valence-electron chi connectivity index (χ2n) is 7.97. The van der Waals surface area contributed by atoms with Crippen LogP contribution in [0.4, 0.5) is 11.5 Å². The van der Waals surface area contributed by atoms with Gasteiger partial charge in [-0.1, -0.05) is 6.07 Å². The minimum atomic E-state index is 0.351. The molecule has 2 N–H and O–H groups in total. The Morgan fingerprint density at radius 2 is 1.94 bits per heavy atom. The van der Waals surface area contributed by atoms with Crippen molar-refractivity contribution in [2.75, 3.05) is 38.7 Å². The van der Waals surface area contributed by atoms with Crippen LogP contribution >= 0.6 is 0 Å². The number of rotatable bonds is 10. The number of likely N-dealkylation sites (tertiary alicyclic amines) is 1. The van der Waals surface area contributed by atoms with Gasteiger partial charge in [0.05, 0.1) is 12.8 Å². The Hall–Kier alpha value is -3.92. The molecular weight excluding hydrogens is 434 g/mol. The van der Waals surface area contributed by atoms with Crippen molar-refractivity contribution < 1.29 is 14.2 Å². The number of H-pyrrole nitrogens is 1. The van der Waals surface area contributed by atoms with Gasteiger partial charge < -0.3 is 19.5 Å². The van der Waals surface area contributed by atoms with Crippen molar-refractivity contribution in [3.05, 3.63) is 54.6 Å². The van der Waals surface area contributed by atoms with Gasteiger partial charge in [0.2, 0.25) is 5.88 Å². The molecule has 4 aromatic rings. The third-order valence-electron chi connectivity index (χ3n) is 5.70. The Kier molecular flexibility index (Phi) is 6.66. The molecule has 176 valence electrons. The number of benzene rings is 1. The molecule has 0 unspecified atom stereocenters. The quantitative estimate of drug-likeness (QED) is 0.366. The first-order valence-electron chi connectivity index (χ1n) is 11.3. The van der Waals surface area contributed by atoms with E-state index in [1.54, 1.807) is 13.3 Å². The van der Waals surface area contributed by atoms with E-state index in [9.17, 15) is 0 Å². The Bertz CT molecular complexity index is 1230. The van der Waals surface area contributed by atoms with Crippen LogP contribution in [0, 0.1) is 0 Å². The first-order valence-corrected chi connectivity index (χ1v) is 11.3. The summed E-state index contributed by atoms with van der Waals surface area (Å²) in [6.45, 7) is 4.05. The van der Waals surface area contributed by atoms with Crippen LogP contribution in [0.2, 0.25) is 0 Å². The van der Waals surface area contributed by atoms with Crippen LogP contribution in [-0.2, 0) is 6.61 Å². The highest BCUT2D eigenvalue weighted by Gasteiger charge is 2.17. The van der Waals surface area contributed by atoms with E-state index in [4.69, 9.17) is 14.2 Å². The summed E-state index contributed by atoms with van der Waals surface area (Å²) in [7, 11) is 1.61. The van der Waals surface area contributed by atoms with Crippen LogP contribution in [0.15, 0.2) is 48.9 Å². The summed E-state index contributed by atoms with van der Waals surface area (Å²) >= 11 is 0. The fourth-order valence-electron chi connectivity index (χ4n) is 3.95. The van der Waals surface area contributed by atoms with Crippen LogP contribution in [0.1, 0.15) is 18.5 Å². The molecule has 1 fully saturated rings. The molecule has 1 aliphatic rings. The van der Waals surface area contributed by atoms with Gasteiger partial charge in [-0.25, -0.2) is 9.97 Å². The molecule has 0 amide bonds. The Morgan fingerprint density at radius 3 is 2.76 bits per heavy atom. The highest BCUT2D eigenvalue weighted by molar-refractivity contribution is 5.92. The molecular formula is C24H27N7O3. The lowest BCUT2D eigenvalue weighted by Crippen LogP contribution is -2.25. The van der Waals surface area contributed by atoms with Gasteiger partial charge in [0, 0.05) is 24.5 Å². The van der Waals surface area contributed by atoms with E-state index in [0.29, 0.717) is 47.4 Å². The Morgan fingerprint density at radius 1 is 1.03 bits per heavy atom. The maximum Gasteiger partial charge on any atom is 0.246 e. The number of aromatic amines is 1. The van der Waals surface area contributed by atoms with Crippen molar-refractivity contribution in [2.45, 2.75) is 19.4 Å². The van der Waals surface area contributed by atoms with Crippen LogP contribution in [0.3, 0.4) is 0 Å². The van der Waals surface area contributed by atoms with Crippen LogP contribution in [0.5, 0.6) is 17.4 Å². The molecule has 1 saturated heterocycles. The van der Waals surface area contributed by atoms with Crippen molar-refractivity contribution in [1.82, 2.24) is 30.0 Å². The summed E-state index contributed by atoms with van der Waals surface area (Å²) < 4.78 is 17.4. The summed E-state index contributed by atoms with van der Waals surface area (Å²) in [5.74, 6) is 2.31. The van der Waals surface area contributed by atoms with E-state index in [-0.39, 0.29) is 0 Å². The van der Waals surface area contributed by atoms with Crippen LogP contribution in [0.25, 0.3) is 11.0 Å². The fourth-order valence-corrected chi connectivity index (χ4v) is 3.95. The predicted molar refractivity (Wildman–Crippen MR) is 128 cm³/mol. The van der Waals surface area contributed by atoms with Gasteiger partial charge in [0.25, 0.3) is 0 Å². The van der Waals surface area contributed by atoms with E-state index < -0.39 is 0 Å². The maximum absolute atomic E-state index is 5.98. The molecule has 0 atom stereocenters. The van der Waals surface area contributed by atoms with Gasteiger partial charge in [0.1, 0.15) is 30.7 Å². The molecule has 0 radical (unpaired) electrons.